The second-order valence-corrected chi connectivity index (χ2v) is 10.0. The molecule has 0 saturated heterocycles. The fourth-order valence-corrected chi connectivity index (χ4v) is 5.29. The van der Waals surface area contributed by atoms with Crippen molar-refractivity contribution in [3.63, 3.8) is 0 Å². The van der Waals surface area contributed by atoms with Gasteiger partial charge in [0.15, 0.2) is 0 Å². The zero-order valence-corrected chi connectivity index (χ0v) is 23.6. The van der Waals surface area contributed by atoms with Crippen LogP contribution in [0.4, 0.5) is 0 Å². The van der Waals surface area contributed by atoms with E-state index in [-0.39, 0.29) is 20.1 Å². The molecule has 0 unspecified atom stereocenters. The summed E-state index contributed by atoms with van der Waals surface area (Å²) in [6.45, 7) is 11.2. The minimum atomic E-state index is 0. The van der Waals surface area contributed by atoms with Crippen LogP contribution in [0.1, 0.15) is 56.2 Å². The molecule has 0 spiro atoms. The molecule has 0 fully saturated rings. The molecule has 2 aromatic heterocycles. The summed E-state index contributed by atoms with van der Waals surface area (Å²) in [7, 11) is 0. The van der Waals surface area contributed by atoms with E-state index in [1.165, 1.54) is 16.8 Å². The average molecular weight is 650 g/mol. The Morgan fingerprint density at radius 2 is 1.50 bits per heavy atom. The molecule has 4 heteroatoms. The molecule has 0 bridgehead atoms. The van der Waals surface area contributed by atoms with Crippen LogP contribution in [0.3, 0.4) is 0 Å². The van der Waals surface area contributed by atoms with E-state index in [2.05, 4.69) is 106 Å². The van der Waals surface area contributed by atoms with E-state index < -0.39 is 0 Å². The number of furan rings is 1. The summed E-state index contributed by atoms with van der Waals surface area (Å²) in [4.78, 5) is 5.18. The predicted molar refractivity (Wildman–Crippen MR) is 146 cm³/mol. The Bertz CT molecular complexity index is 1700. The maximum atomic E-state index is 6.48. The fraction of sp³-hybridized carbons (Fsp3) is 0.219. The third kappa shape index (κ3) is 3.72. The van der Waals surface area contributed by atoms with Gasteiger partial charge in [-0.05, 0) is 41.2 Å². The van der Waals surface area contributed by atoms with E-state index in [0.29, 0.717) is 11.8 Å². The van der Waals surface area contributed by atoms with Gasteiger partial charge in [-0.1, -0.05) is 94.1 Å². The van der Waals surface area contributed by atoms with Crippen molar-refractivity contribution in [1.82, 2.24) is 9.55 Å². The molecular formula is C32H29IrN2O-. The van der Waals surface area contributed by atoms with Crippen LogP contribution in [0.5, 0.6) is 0 Å². The first-order chi connectivity index (χ1) is 17.0. The Balaban J connectivity index is 0.00000267. The van der Waals surface area contributed by atoms with E-state index >= 15 is 0 Å². The first kappa shape index (κ1) is 24.5. The van der Waals surface area contributed by atoms with Gasteiger partial charge in [-0.3, -0.25) is 4.98 Å². The van der Waals surface area contributed by atoms with Crippen LogP contribution in [0, 0.1) is 13.0 Å². The number of fused-ring (bicyclic) bond motifs is 4. The Kier molecular flexibility index (Phi) is 6.36. The number of hydrogen-bond donors (Lipinski definition) is 0. The Hall–Kier alpha value is -3.20. The molecule has 6 rings (SSSR count). The van der Waals surface area contributed by atoms with Crippen molar-refractivity contribution in [3.8, 4) is 17.1 Å². The molecule has 4 aromatic carbocycles. The van der Waals surface area contributed by atoms with E-state index in [1.54, 1.807) is 0 Å². The number of aryl methyl sites for hydroxylation is 1. The molecule has 2 heterocycles. The molecule has 36 heavy (non-hydrogen) atoms. The number of nitrogens with zero attached hydrogens (tertiary/aromatic N) is 2. The van der Waals surface area contributed by atoms with Gasteiger partial charge in [-0.15, -0.1) is 17.7 Å². The predicted octanol–water partition coefficient (Wildman–Crippen LogP) is 8.94. The van der Waals surface area contributed by atoms with E-state index in [0.717, 1.165) is 49.9 Å². The summed E-state index contributed by atoms with van der Waals surface area (Å²) < 4.78 is 8.82. The zero-order chi connectivity index (χ0) is 24.3. The minimum absolute atomic E-state index is 0. The van der Waals surface area contributed by atoms with E-state index in [9.17, 15) is 0 Å². The van der Waals surface area contributed by atoms with Crippen molar-refractivity contribution < 1.29 is 24.5 Å². The molecule has 0 saturated carbocycles. The SMILES string of the molecule is Cc1c[c-]c(-c2nc3ccccc3n2-c2c(C(C)C)cccc2C(C)C)c2oc3ccccc3c12.[Ir]. The molecular weight excluding hydrogens is 621 g/mol. The summed E-state index contributed by atoms with van der Waals surface area (Å²) >= 11 is 0. The molecule has 0 aliphatic rings. The third-order valence-corrected chi connectivity index (χ3v) is 7.00. The molecule has 0 aliphatic heterocycles. The normalized spacial score (nSPS) is 11.8. The van der Waals surface area contributed by atoms with Crippen molar-refractivity contribution in [1.29, 1.82) is 0 Å². The quantitative estimate of drug-likeness (QED) is 0.179. The zero-order valence-electron chi connectivity index (χ0n) is 21.2. The van der Waals surface area contributed by atoms with Crippen LogP contribution < -0.4 is 0 Å². The largest absolute Gasteiger partial charge is 0.501 e. The number of benzene rings is 4. The standard InChI is InChI=1S/C32H29N2O.Ir/c1-19(2)22-12-10-13-23(20(3)4)30(22)34-27-15-8-7-14-26(27)33-32(34)25-18-17-21(5)29-24-11-6-9-16-28(24)35-31(25)29;/h6-17,19-20H,1-5H3;/q-1;. The van der Waals surface area contributed by atoms with Crippen LogP contribution >= 0.6 is 0 Å². The van der Waals surface area contributed by atoms with Gasteiger partial charge in [-0.25, -0.2) is 0 Å². The molecule has 0 atom stereocenters. The van der Waals surface area contributed by atoms with Gasteiger partial charge in [0.2, 0.25) is 0 Å². The number of rotatable bonds is 4. The van der Waals surface area contributed by atoms with Crippen molar-refractivity contribution in [3.05, 3.63) is 95.6 Å². The van der Waals surface area contributed by atoms with Gasteiger partial charge in [0, 0.05) is 31.2 Å². The Morgan fingerprint density at radius 3 is 2.22 bits per heavy atom. The van der Waals surface area contributed by atoms with Gasteiger partial charge in [-0.2, -0.15) is 0 Å². The number of para-hydroxylation sites is 4. The first-order valence-electron chi connectivity index (χ1n) is 12.4. The Morgan fingerprint density at radius 1 is 0.833 bits per heavy atom. The first-order valence-corrected chi connectivity index (χ1v) is 12.4. The van der Waals surface area contributed by atoms with Crippen LogP contribution in [-0.2, 0) is 20.1 Å². The minimum Gasteiger partial charge on any atom is -0.501 e. The number of aromatic nitrogens is 2. The van der Waals surface area contributed by atoms with Gasteiger partial charge < -0.3 is 8.98 Å². The van der Waals surface area contributed by atoms with Crippen molar-refractivity contribution in [2.24, 2.45) is 0 Å². The van der Waals surface area contributed by atoms with Crippen LogP contribution in [0.15, 0.2) is 77.2 Å². The van der Waals surface area contributed by atoms with Crippen LogP contribution in [0.25, 0.3) is 50.0 Å². The van der Waals surface area contributed by atoms with Crippen molar-refractivity contribution in [2.45, 2.75) is 46.5 Å². The molecule has 6 aromatic rings. The second kappa shape index (κ2) is 9.35. The molecule has 3 nitrogen and oxygen atoms in total. The van der Waals surface area contributed by atoms with Gasteiger partial charge in [0.1, 0.15) is 5.58 Å². The maximum Gasteiger partial charge on any atom is 0.120 e. The molecule has 183 valence electrons. The maximum absolute atomic E-state index is 6.48. The number of hydrogen-bond acceptors (Lipinski definition) is 2. The van der Waals surface area contributed by atoms with Crippen LogP contribution in [0.2, 0.25) is 0 Å². The van der Waals surface area contributed by atoms with Gasteiger partial charge >= 0.3 is 0 Å². The van der Waals surface area contributed by atoms with E-state index in [4.69, 9.17) is 9.40 Å². The van der Waals surface area contributed by atoms with Crippen molar-refractivity contribution in [2.75, 3.05) is 0 Å². The third-order valence-electron chi connectivity index (χ3n) is 7.00. The topological polar surface area (TPSA) is 31.0 Å². The van der Waals surface area contributed by atoms with Gasteiger partial charge in [0.25, 0.3) is 0 Å². The summed E-state index contributed by atoms with van der Waals surface area (Å²) in [5.74, 6) is 1.60. The second-order valence-electron chi connectivity index (χ2n) is 10.0. The number of imidazole rings is 1. The van der Waals surface area contributed by atoms with Gasteiger partial charge in [0.05, 0.1) is 22.4 Å². The van der Waals surface area contributed by atoms with Crippen LogP contribution in [-0.4, -0.2) is 9.55 Å². The summed E-state index contributed by atoms with van der Waals surface area (Å²) in [6.07, 6.45) is 0. The summed E-state index contributed by atoms with van der Waals surface area (Å²) in [6, 6.07) is 28.9. The molecule has 0 amide bonds. The van der Waals surface area contributed by atoms with Crippen molar-refractivity contribution >= 4 is 33.0 Å². The monoisotopic (exact) mass is 650 g/mol. The molecule has 1 radical (unpaired) electrons. The fourth-order valence-electron chi connectivity index (χ4n) is 5.29. The van der Waals surface area contributed by atoms with E-state index in [1.807, 2.05) is 12.1 Å². The smallest absolute Gasteiger partial charge is 0.120 e. The summed E-state index contributed by atoms with van der Waals surface area (Å²) in [5, 5.41) is 2.26. The Labute approximate surface area is 225 Å². The molecule has 0 aliphatic carbocycles. The molecule has 0 N–H and O–H groups in total. The summed E-state index contributed by atoms with van der Waals surface area (Å²) in [5.41, 5.74) is 9.69. The average Bonchev–Trinajstić information content (AvgIpc) is 3.43.